The van der Waals surface area contributed by atoms with E-state index in [2.05, 4.69) is 10.6 Å². The van der Waals surface area contributed by atoms with Gasteiger partial charge < -0.3 is 25.4 Å². The van der Waals surface area contributed by atoms with Gasteiger partial charge in [-0.25, -0.2) is 9.18 Å². The zero-order chi connectivity index (χ0) is 18.4. The fraction of sp³-hybridized carbons (Fsp3) is 0.529. The van der Waals surface area contributed by atoms with Gasteiger partial charge in [0.05, 0.1) is 25.2 Å². The summed E-state index contributed by atoms with van der Waals surface area (Å²) in [6, 6.07) is 4.69. The highest BCUT2D eigenvalue weighted by Gasteiger charge is 2.33. The Morgan fingerprint density at radius 2 is 2.12 bits per heavy atom. The average Bonchev–Trinajstić information content (AvgIpc) is 2.56. The van der Waals surface area contributed by atoms with Crippen LogP contribution in [0.2, 0.25) is 0 Å². The Hall–Kier alpha value is -2.19. The number of hydrogen-bond acceptors (Lipinski definition) is 4. The topological polar surface area (TPSA) is 90.9 Å². The van der Waals surface area contributed by atoms with E-state index >= 15 is 0 Å². The van der Waals surface area contributed by atoms with Crippen molar-refractivity contribution in [2.75, 3.05) is 26.0 Å². The summed E-state index contributed by atoms with van der Waals surface area (Å²) in [5.41, 5.74) is 0.337. The van der Waals surface area contributed by atoms with Gasteiger partial charge in [-0.1, -0.05) is 6.07 Å². The fourth-order valence-corrected chi connectivity index (χ4v) is 2.73. The van der Waals surface area contributed by atoms with E-state index in [1.807, 2.05) is 0 Å². The molecule has 0 radical (unpaired) electrons. The molecule has 0 unspecified atom stereocenters. The number of amides is 3. The van der Waals surface area contributed by atoms with E-state index in [4.69, 9.17) is 4.74 Å². The Morgan fingerprint density at radius 1 is 1.36 bits per heavy atom. The van der Waals surface area contributed by atoms with Crippen LogP contribution < -0.4 is 10.6 Å². The van der Waals surface area contributed by atoms with E-state index in [9.17, 15) is 19.1 Å². The molecule has 0 aliphatic carbocycles. The second-order valence-corrected chi connectivity index (χ2v) is 6.26. The van der Waals surface area contributed by atoms with E-state index in [1.54, 1.807) is 20.2 Å². The summed E-state index contributed by atoms with van der Waals surface area (Å²) in [6.07, 6.45) is 0.545. The third kappa shape index (κ3) is 5.68. The molecular weight excluding hydrogens is 329 g/mol. The second-order valence-electron chi connectivity index (χ2n) is 6.26. The molecule has 138 valence electrons. The standard InChI is InChI=1S/C17H24FN3O4/c1-21(2)16(23)9-13-6-7-14(15(10-22)25-13)20-17(24)19-12-5-3-4-11(18)8-12/h3-5,8,13-15,22H,6-7,9-10H2,1-2H3,(H2,19,20,24)/t13-,14+,15+/m0/s1. The normalized spacial score (nSPS) is 23.0. The Kier molecular flexibility index (Phi) is 6.72. The number of benzene rings is 1. The Labute approximate surface area is 146 Å². The molecule has 0 bridgehead atoms. The number of ether oxygens (including phenoxy) is 1. The van der Waals surface area contributed by atoms with Crippen molar-refractivity contribution in [1.29, 1.82) is 0 Å². The minimum absolute atomic E-state index is 0.0445. The van der Waals surface area contributed by atoms with Gasteiger partial charge in [0.2, 0.25) is 5.91 Å². The van der Waals surface area contributed by atoms with Crippen molar-refractivity contribution in [3.63, 3.8) is 0 Å². The Balaban J connectivity index is 1.87. The molecule has 1 aliphatic heterocycles. The SMILES string of the molecule is CN(C)C(=O)C[C@@H]1CC[C@@H](NC(=O)Nc2cccc(F)c2)[C@@H](CO)O1. The first kappa shape index (κ1) is 19.1. The third-order valence-corrected chi connectivity index (χ3v) is 4.10. The summed E-state index contributed by atoms with van der Waals surface area (Å²) >= 11 is 0. The zero-order valence-corrected chi connectivity index (χ0v) is 14.4. The summed E-state index contributed by atoms with van der Waals surface area (Å²) in [7, 11) is 3.35. The van der Waals surface area contributed by atoms with Gasteiger partial charge in [-0.15, -0.1) is 0 Å². The quantitative estimate of drug-likeness (QED) is 0.745. The molecule has 1 aliphatic rings. The maximum atomic E-state index is 13.1. The first-order valence-electron chi connectivity index (χ1n) is 8.18. The van der Waals surface area contributed by atoms with Gasteiger partial charge in [-0.2, -0.15) is 0 Å². The zero-order valence-electron chi connectivity index (χ0n) is 14.4. The Bertz CT molecular complexity index is 611. The minimum atomic E-state index is -0.591. The number of carbonyl (C=O) groups excluding carboxylic acids is 2. The fourth-order valence-electron chi connectivity index (χ4n) is 2.73. The van der Waals surface area contributed by atoms with E-state index in [1.165, 1.54) is 23.1 Å². The van der Waals surface area contributed by atoms with Crippen LogP contribution in [0.25, 0.3) is 0 Å². The number of nitrogens with zero attached hydrogens (tertiary/aromatic N) is 1. The number of anilines is 1. The summed E-state index contributed by atoms with van der Waals surface area (Å²) in [4.78, 5) is 25.3. The summed E-state index contributed by atoms with van der Waals surface area (Å²) in [5, 5.41) is 14.8. The predicted molar refractivity (Wildman–Crippen MR) is 90.6 cm³/mol. The molecule has 3 atom stereocenters. The number of carbonyl (C=O) groups is 2. The van der Waals surface area contributed by atoms with Gasteiger partial charge in [-0.3, -0.25) is 4.79 Å². The smallest absolute Gasteiger partial charge is 0.319 e. The average molecular weight is 353 g/mol. The van der Waals surface area contributed by atoms with Crippen LogP contribution in [0.3, 0.4) is 0 Å². The minimum Gasteiger partial charge on any atom is -0.394 e. The number of hydrogen-bond donors (Lipinski definition) is 3. The second kappa shape index (κ2) is 8.77. The highest BCUT2D eigenvalue weighted by molar-refractivity contribution is 5.89. The monoisotopic (exact) mass is 353 g/mol. The van der Waals surface area contributed by atoms with Gasteiger partial charge in [-0.05, 0) is 31.0 Å². The highest BCUT2D eigenvalue weighted by atomic mass is 19.1. The molecule has 0 spiro atoms. The van der Waals surface area contributed by atoms with Crippen molar-refractivity contribution in [3.05, 3.63) is 30.1 Å². The molecule has 1 saturated heterocycles. The van der Waals surface area contributed by atoms with Crippen LogP contribution in [0.15, 0.2) is 24.3 Å². The van der Waals surface area contributed by atoms with E-state index in [-0.39, 0.29) is 31.1 Å². The van der Waals surface area contributed by atoms with Crippen molar-refractivity contribution >= 4 is 17.6 Å². The largest absolute Gasteiger partial charge is 0.394 e. The van der Waals surface area contributed by atoms with E-state index < -0.39 is 18.0 Å². The van der Waals surface area contributed by atoms with Crippen LogP contribution >= 0.6 is 0 Å². The molecule has 1 aromatic rings. The number of rotatable bonds is 5. The van der Waals surface area contributed by atoms with Crippen LogP contribution in [0, 0.1) is 5.82 Å². The molecule has 8 heteroatoms. The molecule has 1 aromatic carbocycles. The molecule has 1 fully saturated rings. The summed E-state index contributed by atoms with van der Waals surface area (Å²) < 4.78 is 18.9. The number of aliphatic hydroxyl groups excluding tert-OH is 1. The molecular formula is C17H24FN3O4. The van der Waals surface area contributed by atoms with Gasteiger partial charge >= 0.3 is 6.03 Å². The van der Waals surface area contributed by atoms with Crippen LogP contribution in [0.5, 0.6) is 0 Å². The first-order chi connectivity index (χ1) is 11.9. The predicted octanol–water partition coefficient (Wildman–Crippen LogP) is 1.33. The van der Waals surface area contributed by atoms with Gasteiger partial charge in [0.15, 0.2) is 0 Å². The molecule has 3 amide bonds. The summed E-state index contributed by atoms with van der Waals surface area (Å²) in [5.74, 6) is -0.489. The van der Waals surface area contributed by atoms with Crippen molar-refractivity contribution in [2.24, 2.45) is 0 Å². The van der Waals surface area contributed by atoms with Crippen LogP contribution in [-0.2, 0) is 9.53 Å². The molecule has 25 heavy (non-hydrogen) atoms. The lowest BCUT2D eigenvalue weighted by atomic mass is 9.97. The number of urea groups is 1. The number of halogens is 1. The number of aliphatic hydroxyl groups is 1. The molecule has 0 aromatic heterocycles. The maximum Gasteiger partial charge on any atom is 0.319 e. The van der Waals surface area contributed by atoms with Crippen LogP contribution in [0.1, 0.15) is 19.3 Å². The summed E-state index contributed by atoms with van der Waals surface area (Å²) in [6.45, 7) is -0.266. The van der Waals surface area contributed by atoms with Crippen LogP contribution in [-0.4, -0.2) is 60.9 Å². The maximum absolute atomic E-state index is 13.1. The Morgan fingerprint density at radius 3 is 2.76 bits per heavy atom. The molecule has 7 nitrogen and oxygen atoms in total. The van der Waals surface area contributed by atoms with E-state index in [0.717, 1.165) is 0 Å². The van der Waals surface area contributed by atoms with Crippen molar-refractivity contribution < 1.29 is 23.8 Å². The molecule has 2 rings (SSSR count). The lowest BCUT2D eigenvalue weighted by Gasteiger charge is -2.36. The van der Waals surface area contributed by atoms with E-state index in [0.29, 0.717) is 18.5 Å². The van der Waals surface area contributed by atoms with Gasteiger partial charge in [0.25, 0.3) is 0 Å². The lowest BCUT2D eigenvalue weighted by Crippen LogP contribution is -2.52. The number of nitrogens with one attached hydrogen (secondary N) is 2. The molecule has 1 heterocycles. The van der Waals surface area contributed by atoms with Gasteiger partial charge in [0.1, 0.15) is 11.9 Å². The highest BCUT2D eigenvalue weighted by Crippen LogP contribution is 2.22. The van der Waals surface area contributed by atoms with Crippen molar-refractivity contribution in [2.45, 2.75) is 37.5 Å². The van der Waals surface area contributed by atoms with Crippen molar-refractivity contribution in [1.82, 2.24) is 10.2 Å². The van der Waals surface area contributed by atoms with Crippen LogP contribution in [0.4, 0.5) is 14.9 Å². The lowest BCUT2D eigenvalue weighted by molar-refractivity contribution is -0.137. The molecule has 3 N–H and O–H groups in total. The van der Waals surface area contributed by atoms with Crippen molar-refractivity contribution in [3.8, 4) is 0 Å². The first-order valence-corrected chi connectivity index (χ1v) is 8.18. The third-order valence-electron chi connectivity index (χ3n) is 4.10. The van der Waals surface area contributed by atoms with Gasteiger partial charge in [0, 0.05) is 19.8 Å². The molecule has 0 saturated carbocycles.